The highest BCUT2D eigenvalue weighted by Crippen LogP contribution is 2.27. The van der Waals surface area contributed by atoms with Gasteiger partial charge in [-0.15, -0.1) is 0 Å². The van der Waals surface area contributed by atoms with Crippen LogP contribution in [0.15, 0.2) is 54.6 Å². The molecular weight excluding hydrogens is 334 g/mol. The zero-order chi connectivity index (χ0) is 18.4. The third kappa shape index (κ3) is 4.47. The van der Waals surface area contributed by atoms with Crippen molar-refractivity contribution in [3.05, 3.63) is 71.3 Å². The first-order valence-electron chi connectivity index (χ1n) is 8.48. The second-order valence-electron chi connectivity index (χ2n) is 5.95. The monoisotopic (exact) mass is 355 g/mol. The van der Waals surface area contributed by atoms with Gasteiger partial charge in [-0.25, -0.2) is 4.79 Å². The highest BCUT2D eigenvalue weighted by molar-refractivity contribution is 6.02. The third-order valence-electron chi connectivity index (χ3n) is 4.04. The average Bonchev–Trinajstić information content (AvgIpc) is 3.21. The zero-order valence-corrected chi connectivity index (χ0v) is 14.5. The number of alkyl carbamates (subject to hydrolysis) is 1. The SMILES string of the molecule is C[C@H](NC(=O)OCc1ccccc1)C(=O)c1ccccc1C1OCCO1. The van der Waals surface area contributed by atoms with Gasteiger partial charge in [-0.05, 0) is 12.5 Å². The van der Waals surface area contributed by atoms with Gasteiger partial charge >= 0.3 is 6.09 Å². The summed E-state index contributed by atoms with van der Waals surface area (Å²) < 4.78 is 16.1. The van der Waals surface area contributed by atoms with E-state index in [9.17, 15) is 9.59 Å². The number of rotatable bonds is 6. The third-order valence-corrected chi connectivity index (χ3v) is 4.04. The van der Waals surface area contributed by atoms with Crippen LogP contribution in [0.4, 0.5) is 4.79 Å². The molecule has 0 saturated carbocycles. The Bertz CT molecular complexity index is 756. The molecule has 0 radical (unpaired) electrons. The van der Waals surface area contributed by atoms with Crippen molar-refractivity contribution in [1.29, 1.82) is 0 Å². The summed E-state index contributed by atoms with van der Waals surface area (Å²) in [6.07, 6.45) is -1.19. The van der Waals surface area contributed by atoms with E-state index >= 15 is 0 Å². The summed E-state index contributed by atoms with van der Waals surface area (Å²) in [5.41, 5.74) is 2.01. The first-order chi connectivity index (χ1) is 12.6. The highest BCUT2D eigenvalue weighted by atomic mass is 16.7. The van der Waals surface area contributed by atoms with Crippen molar-refractivity contribution >= 4 is 11.9 Å². The van der Waals surface area contributed by atoms with Crippen molar-refractivity contribution in [2.24, 2.45) is 0 Å². The minimum atomic E-state index is -0.735. The van der Waals surface area contributed by atoms with Gasteiger partial charge in [0.15, 0.2) is 12.1 Å². The van der Waals surface area contributed by atoms with Gasteiger partial charge in [0.05, 0.1) is 19.3 Å². The Balaban J connectivity index is 1.60. The normalized spacial score (nSPS) is 15.4. The number of amides is 1. The fourth-order valence-electron chi connectivity index (χ4n) is 2.71. The molecule has 6 heteroatoms. The fraction of sp³-hybridized carbons (Fsp3) is 0.300. The Morgan fingerprint density at radius 3 is 2.46 bits per heavy atom. The van der Waals surface area contributed by atoms with E-state index in [0.29, 0.717) is 24.3 Å². The molecule has 26 heavy (non-hydrogen) atoms. The van der Waals surface area contributed by atoms with Crippen LogP contribution in [-0.4, -0.2) is 31.1 Å². The molecule has 1 aliphatic heterocycles. The fourth-order valence-corrected chi connectivity index (χ4v) is 2.71. The molecule has 0 bridgehead atoms. The second-order valence-corrected chi connectivity index (χ2v) is 5.95. The van der Waals surface area contributed by atoms with Crippen LogP contribution in [0.3, 0.4) is 0 Å². The van der Waals surface area contributed by atoms with Crippen LogP contribution in [0.2, 0.25) is 0 Å². The molecule has 0 aromatic heterocycles. The molecule has 136 valence electrons. The number of ketones is 1. The summed E-state index contributed by atoms with van der Waals surface area (Å²) in [6, 6.07) is 15.7. The van der Waals surface area contributed by atoms with Crippen LogP contribution in [-0.2, 0) is 20.8 Å². The van der Waals surface area contributed by atoms with E-state index in [2.05, 4.69) is 5.32 Å². The number of benzene rings is 2. The summed E-state index contributed by atoms with van der Waals surface area (Å²) in [7, 11) is 0. The summed E-state index contributed by atoms with van der Waals surface area (Å²) in [4.78, 5) is 24.7. The van der Waals surface area contributed by atoms with Gasteiger partial charge in [-0.2, -0.15) is 0 Å². The van der Waals surface area contributed by atoms with Crippen molar-refractivity contribution in [3.8, 4) is 0 Å². The maximum absolute atomic E-state index is 12.8. The van der Waals surface area contributed by atoms with Crippen LogP contribution < -0.4 is 5.32 Å². The van der Waals surface area contributed by atoms with Crippen molar-refractivity contribution in [2.45, 2.75) is 25.9 Å². The molecule has 3 rings (SSSR count). The number of hydrogen-bond acceptors (Lipinski definition) is 5. The van der Waals surface area contributed by atoms with Crippen LogP contribution in [0.25, 0.3) is 0 Å². The molecule has 0 aliphatic carbocycles. The number of carbonyl (C=O) groups excluding carboxylic acids is 2. The topological polar surface area (TPSA) is 73.9 Å². The van der Waals surface area contributed by atoms with Gasteiger partial charge in [0.1, 0.15) is 6.61 Å². The van der Waals surface area contributed by atoms with Crippen molar-refractivity contribution in [2.75, 3.05) is 13.2 Å². The molecule has 0 spiro atoms. The maximum Gasteiger partial charge on any atom is 0.408 e. The molecule has 0 unspecified atom stereocenters. The summed E-state index contributed by atoms with van der Waals surface area (Å²) in [6.45, 7) is 2.76. The van der Waals surface area contributed by atoms with E-state index in [4.69, 9.17) is 14.2 Å². The maximum atomic E-state index is 12.8. The molecule has 6 nitrogen and oxygen atoms in total. The molecule has 2 aromatic rings. The zero-order valence-electron chi connectivity index (χ0n) is 14.5. The van der Waals surface area contributed by atoms with E-state index < -0.39 is 18.4 Å². The second kappa shape index (κ2) is 8.60. The first-order valence-corrected chi connectivity index (χ1v) is 8.48. The van der Waals surface area contributed by atoms with E-state index in [-0.39, 0.29) is 12.4 Å². The summed E-state index contributed by atoms with van der Waals surface area (Å²) in [5.74, 6) is -0.226. The minimum Gasteiger partial charge on any atom is -0.445 e. The molecule has 1 heterocycles. The number of Topliss-reactive ketones (excluding diaryl/α,β-unsaturated/α-hetero) is 1. The predicted octanol–water partition coefficient (Wildman–Crippen LogP) is 3.23. The first kappa shape index (κ1) is 18.1. The van der Waals surface area contributed by atoms with E-state index in [1.165, 1.54) is 0 Å². The molecule has 1 amide bonds. The van der Waals surface area contributed by atoms with Gasteiger partial charge in [0.25, 0.3) is 0 Å². The average molecular weight is 355 g/mol. The van der Waals surface area contributed by atoms with E-state index in [0.717, 1.165) is 5.56 Å². The van der Waals surface area contributed by atoms with Gasteiger partial charge in [-0.1, -0.05) is 54.6 Å². The van der Waals surface area contributed by atoms with Crippen molar-refractivity contribution in [3.63, 3.8) is 0 Å². The Hall–Kier alpha value is -2.70. The quantitative estimate of drug-likeness (QED) is 0.806. The number of hydrogen-bond donors (Lipinski definition) is 1. The van der Waals surface area contributed by atoms with Gasteiger partial charge in [0, 0.05) is 11.1 Å². The summed E-state index contributed by atoms with van der Waals surface area (Å²) in [5, 5.41) is 2.57. The number of nitrogens with one attached hydrogen (secondary N) is 1. The Morgan fingerprint density at radius 2 is 1.73 bits per heavy atom. The van der Waals surface area contributed by atoms with Gasteiger partial charge in [0.2, 0.25) is 0 Å². The number of carbonyl (C=O) groups is 2. The van der Waals surface area contributed by atoms with Gasteiger partial charge in [-0.3, -0.25) is 4.79 Å². The molecule has 1 aliphatic rings. The van der Waals surface area contributed by atoms with Crippen molar-refractivity contribution in [1.82, 2.24) is 5.32 Å². The molecule has 2 aromatic carbocycles. The Labute approximate surface area is 152 Å². The largest absolute Gasteiger partial charge is 0.445 e. The van der Waals surface area contributed by atoms with E-state index in [1.807, 2.05) is 36.4 Å². The predicted molar refractivity (Wildman–Crippen MR) is 94.6 cm³/mol. The minimum absolute atomic E-state index is 0.147. The molecule has 1 N–H and O–H groups in total. The van der Waals surface area contributed by atoms with Gasteiger partial charge < -0.3 is 19.5 Å². The van der Waals surface area contributed by atoms with Crippen molar-refractivity contribution < 1.29 is 23.8 Å². The lowest BCUT2D eigenvalue weighted by Gasteiger charge is -2.17. The highest BCUT2D eigenvalue weighted by Gasteiger charge is 2.26. The van der Waals surface area contributed by atoms with Crippen LogP contribution in [0.5, 0.6) is 0 Å². The Kier molecular flexibility index (Phi) is 5.99. The molecule has 1 saturated heterocycles. The van der Waals surface area contributed by atoms with E-state index in [1.54, 1.807) is 25.1 Å². The molecule has 1 fully saturated rings. The van der Waals surface area contributed by atoms with Crippen LogP contribution in [0.1, 0.15) is 34.7 Å². The summed E-state index contributed by atoms with van der Waals surface area (Å²) >= 11 is 0. The molecular formula is C20H21NO5. The molecule has 1 atom stereocenters. The lowest BCUT2D eigenvalue weighted by molar-refractivity contribution is -0.0445. The smallest absolute Gasteiger partial charge is 0.408 e. The van der Waals surface area contributed by atoms with Crippen LogP contribution in [0, 0.1) is 0 Å². The Morgan fingerprint density at radius 1 is 1.08 bits per heavy atom. The lowest BCUT2D eigenvalue weighted by atomic mass is 9.99. The van der Waals surface area contributed by atoms with Crippen LogP contribution >= 0.6 is 0 Å². The number of ether oxygens (including phenoxy) is 3. The lowest BCUT2D eigenvalue weighted by Crippen LogP contribution is -2.39. The standard InChI is InChI=1S/C20H21NO5/c1-14(21-20(23)26-13-15-7-3-2-4-8-15)18(22)16-9-5-6-10-17(16)19-24-11-12-25-19/h2-10,14,19H,11-13H2,1H3,(H,21,23)/t14-/m0/s1.